The molecule has 0 aromatic carbocycles. The zero-order valence-corrected chi connectivity index (χ0v) is 15.4. The average Bonchev–Trinajstić information content (AvgIpc) is 2.35. The summed E-state index contributed by atoms with van der Waals surface area (Å²) in [6, 6.07) is 3.18. The highest BCUT2D eigenvalue weighted by Crippen LogP contribution is 2.09. The maximum atomic E-state index is 11.3. The highest BCUT2D eigenvalue weighted by atomic mass is 16.2. The van der Waals surface area contributed by atoms with Gasteiger partial charge in [0.25, 0.3) is 5.56 Å². The van der Waals surface area contributed by atoms with Crippen molar-refractivity contribution in [1.29, 1.82) is 0 Å². The van der Waals surface area contributed by atoms with E-state index >= 15 is 0 Å². The average molecular weight is 334 g/mol. The molecule has 0 atom stereocenters. The summed E-state index contributed by atoms with van der Waals surface area (Å²) < 4.78 is 3.11. The number of aryl methyl sites for hydroxylation is 1. The molecule has 0 spiro atoms. The third-order valence-electron chi connectivity index (χ3n) is 3.21. The first kappa shape index (κ1) is 19.6. The highest BCUT2D eigenvalue weighted by molar-refractivity contribution is 4.97. The number of hydrogen-bond acceptors (Lipinski definition) is 4. The Kier molecular flexibility index (Phi) is 5.71. The first-order valence-electron chi connectivity index (χ1n) is 7.71. The Morgan fingerprint density at radius 1 is 0.875 bits per heavy atom. The molecule has 0 saturated carbocycles. The third-order valence-corrected chi connectivity index (χ3v) is 3.21. The summed E-state index contributed by atoms with van der Waals surface area (Å²) in [5.41, 5.74) is -0.613. The molecule has 0 radical (unpaired) electrons. The summed E-state index contributed by atoms with van der Waals surface area (Å²) in [4.78, 5) is 39.3. The van der Waals surface area contributed by atoms with Crippen LogP contribution in [0.25, 0.3) is 0 Å². The fraction of sp³-hybridized carbons (Fsp3) is 0.529. The first-order chi connectivity index (χ1) is 10.8. The summed E-state index contributed by atoms with van der Waals surface area (Å²) in [6.45, 7) is 13.4. The lowest BCUT2D eigenvalue weighted by Gasteiger charge is -2.21. The summed E-state index contributed by atoms with van der Waals surface area (Å²) in [5.74, 6) is 0. The fourth-order valence-electron chi connectivity index (χ4n) is 1.94. The van der Waals surface area contributed by atoms with E-state index in [1.807, 2.05) is 54.5 Å². The number of hydrogen-bond donors (Lipinski definition) is 1. The third kappa shape index (κ3) is 5.33. The lowest BCUT2D eigenvalue weighted by Crippen LogP contribution is -2.37. The molecule has 0 fully saturated rings. The topological polar surface area (TPSA) is 89.8 Å². The van der Waals surface area contributed by atoms with Crippen LogP contribution in [0.3, 0.4) is 0 Å². The number of nitrogens with zero attached hydrogens (tertiary/aromatic N) is 3. The van der Waals surface area contributed by atoms with Gasteiger partial charge in [0.2, 0.25) is 0 Å². The SMILES string of the molecule is CC(C)(C)n1ccc(=O)[nH]c1=O.Cc1ccn(C(C)(C)C)c(=O)n1. The van der Waals surface area contributed by atoms with Crippen LogP contribution in [0.1, 0.15) is 47.2 Å². The lowest BCUT2D eigenvalue weighted by molar-refractivity contribution is 0.376. The van der Waals surface area contributed by atoms with E-state index in [1.54, 1.807) is 10.8 Å². The normalized spacial score (nSPS) is 11.6. The molecule has 2 rings (SSSR count). The number of H-pyrrole nitrogens is 1. The second kappa shape index (κ2) is 6.98. The number of aromatic amines is 1. The van der Waals surface area contributed by atoms with E-state index in [4.69, 9.17) is 0 Å². The maximum Gasteiger partial charge on any atom is 0.348 e. The molecule has 2 heterocycles. The van der Waals surface area contributed by atoms with Gasteiger partial charge in [-0.3, -0.25) is 18.9 Å². The largest absolute Gasteiger partial charge is 0.348 e. The van der Waals surface area contributed by atoms with Crippen LogP contribution < -0.4 is 16.9 Å². The Morgan fingerprint density at radius 2 is 1.38 bits per heavy atom. The van der Waals surface area contributed by atoms with Gasteiger partial charge in [-0.05, 0) is 54.5 Å². The van der Waals surface area contributed by atoms with E-state index in [0.717, 1.165) is 5.69 Å². The molecular formula is C17H26N4O3. The summed E-state index contributed by atoms with van der Waals surface area (Å²) in [7, 11) is 0. The molecular weight excluding hydrogens is 308 g/mol. The zero-order chi connectivity index (χ0) is 18.7. The molecule has 0 saturated heterocycles. The van der Waals surface area contributed by atoms with Crippen molar-refractivity contribution in [3.63, 3.8) is 0 Å². The quantitative estimate of drug-likeness (QED) is 0.792. The van der Waals surface area contributed by atoms with Gasteiger partial charge in [0.15, 0.2) is 0 Å². The van der Waals surface area contributed by atoms with Gasteiger partial charge in [-0.15, -0.1) is 0 Å². The van der Waals surface area contributed by atoms with E-state index in [2.05, 4.69) is 9.97 Å². The van der Waals surface area contributed by atoms with Crippen LogP contribution in [0, 0.1) is 6.92 Å². The Labute approximate surface area is 141 Å². The van der Waals surface area contributed by atoms with Crippen LogP contribution in [-0.2, 0) is 11.1 Å². The molecule has 7 nitrogen and oxygen atoms in total. The van der Waals surface area contributed by atoms with E-state index in [0.29, 0.717) is 0 Å². The number of nitrogens with one attached hydrogen (secondary N) is 1. The van der Waals surface area contributed by atoms with Crippen molar-refractivity contribution in [3.05, 3.63) is 61.5 Å². The van der Waals surface area contributed by atoms with Crippen molar-refractivity contribution in [3.8, 4) is 0 Å². The fourth-order valence-corrected chi connectivity index (χ4v) is 1.94. The second-order valence-electron chi connectivity index (χ2n) is 7.54. The molecule has 7 heteroatoms. The van der Waals surface area contributed by atoms with Crippen LogP contribution >= 0.6 is 0 Å². The zero-order valence-electron chi connectivity index (χ0n) is 15.4. The molecule has 0 unspecified atom stereocenters. The monoisotopic (exact) mass is 334 g/mol. The Morgan fingerprint density at radius 3 is 1.79 bits per heavy atom. The molecule has 2 aromatic heterocycles. The number of rotatable bonds is 0. The summed E-state index contributed by atoms with van der Waals surface area (Å²) >= 11 is 0. The van der Waals surface area contributed by atoms with Gasteiger partial charge < -0.3 is 0 Å². The van der Waals surface area contributed by atoms with Gasteiger partial charge in [0.05, 0.1) is 0 Å². The van der Waals surface area contributed by atoms with Crippen molar-refractivity contribution in [1.82, 2.24) is 19.1 Å². The van der Waals surface area contributed by atoms with Gasteiger partial charge in [-0.1, -0.05) is 0 Å². The highest BCUT2D eigenvalue weighted by Gasteiger charge is 2.14. The number of aromatic nitrogens is 4. The lowest BCUT2D eigenvalue weighted by atomic mass is 10.1. The predicted molar refractivity (Wildman–Crippen MR) is 94.5 cm³/mol. The first-order valence-corrected chi connectivity index (χ1v) is 7.71. The molecule has 1 N–H and O–H groups in total. The van der Waals surface area contributed by atoms with E-state index in [1.165, 1.54) is 16.8 Å². The molecule has 132 valence electrons. The van der Waals surface area contributed by atoms with E-state index in [-0.39, 0.29) is 28.0 Å². The Hall–Kier alpha value is -2.44. The molecule has 0 aliphatic rings. The standard InChI is InChI=1S/C9H14N2O.C8H12N2O2/c1-7-5-6-11(8(12)10-7)9(2,3)4;1-8(2,3)10-5-4-6(11)9-7(10)12/h5-6H,1-4H3;4-5H,1-3H3,(H,9,11,12). The van der Waals surface area contributed by atoms with Gasteiger partial charge in [-0.25, -0.2) is 9.59 Å². The van der Waals surface area contributed by atoms with E-state index < -0.39 is 0 Å². The van der Waals surface area contributed by atoms with Gasteiger partial charge in [0.1, 0.15) is 0 Å². The molecule has 24 heavy (non-hydrogen) atoms. The van der Waals surface area contributed by atoms with Gasteiger partial charge in [-0.2, -0.15) is 4.98 Å². The Bertz CT molecular complexity index is 861. The minimum absolute atomic E-state index is 0.178. The predicted octanol–water partition coefficient (Wildman–Crippen LogP) is 1.60. The maximum absolute atomic E-state index is 11.3. The van der Waals surface area contributed by atoms with Crippen molar-refractivity contribution >= 4 is 0 Å². The van der Waals surface area contributed by atoms with Crippen molar-refractivity contribution in [2.24, 2.45) is 0 Å². The Balaban J connectivity index is 0.000000240. The van der Waals surface area contributed by atoms with E-state index in [9.17, 15) is 14.4 Å². The molecule has 0 amide bonds. The van der Waals surface area contributed by atoms with Crippen LogP contribution in [0.5, 0.6) is 0 Å². The summed E-state index contributed by atoms with van der Waals surface area (Å²) in [5, 5.41) is 0. The molecule has 0 aliphatic heterocycles. The van der Waals surface area contributed by atoms with Crippen molar-refractivity contribution in [2.75, 3.05) is 0 Å². The molecule has 0 aliphatic carbocycles. The van der Waals surface area contributed by atoms with Crippen LogP contribution in [0.15, 0.2) is 38.9 Å². The molecule has 2 aromatic rings. The minimum Gasteiger partial charge on any atom is -0.295 e. The van der Waals surface area contributed by atoms with Crippen LogP contribution in [-0.4, -0.2) is 19.1 Å². The summed E-state index contributed by atoms with van der Waals surface area (Å²) in [6.07, 6.45) is 3.28. The smallest absolute Gasteiger partial charge is 0.295 e. The van der Waals surface area contributed by atoms with Crippen molar-refractivity contribution < 1.29 is 0 Å². The second-order valence-corrected chi connectivity index (χ2v) is 7.54. The van der Waals surface area contributed by atoms with Gasteiger partial charge in [0, 0.05) is 35.2 Å². The van der Waals surface area contributed by atoms with Crippen LogP contribution in [0.2, 0.25) is 0 Å². The van der Waals surface area contributed by atoms with Crippen molar-refractivity contribution in [2.45, 2.75) is 59.5 Å². The van der Waals surface area contributed by atoms with Crippen LogP contribution in [0.4, 0.5) is 0 Å². The van der Waals surface area contributed by atoms with Gasteiger partial charge >= 0.3 is 11.4 Å². The minimum atomic E-state index is -0.366. The molecule has 0 bridgehead atoms.